The first-order chi connectivity index (χ1) is 20.4. The van der Waals surface area contributed by atoms with Gasteiger partial charge in [0.15, 0.2) is 11.6 Å². The Bertz CT molecular complexity index is 1510. The molecule has 0 aromatic carbocycles. The van der Waals surface area contributed by atoms with Crippen molar-refractivity contribution in [2.24, 2.45) is 24.3 Å². The van der Waals surface area contributed by atoms with Gasteiger partial charge in [0.05, 0.1) is 30.1 Å². The van der Waals surface area contributed by atoms with Crippen molar-refractivity contribution in [1.82, 2.24) is 29.5 Å². The molecule has 2 aliphatic rings. The average Bonchev–Trinajstić information content (AvgIpc) is 3.65. The van der Waals surface area contributed by atoms with Gasteiger partial charge >= 0.3 is 6.01 Å². The monoisotopic (exact) mass is 595 g/mol. The summed E-state index contributed by atoms with van der Waals surface area (Å²) >= 11 is 0. The van der Waals surface area contributed by atoms with Crippen molar-refractivity contribution in [3.8, 4) is 29.1 Å². The van der Waals surface area contributed by atoms with Crippen LogP contribution in [-0.4, -0.2) is 67.5 Å². The van der Waals surface area contributed by atoms with E-state index >= 15 is 0 Å². The molecule has 228 valence electrons. The van der Waals surface area contributed by atoms with Crippen LogP contribution in [0, 0.1) is 28.6 Å². The standard InChI is InChI=1S/C29H35F2N9O3/c1-18(28(2,30)31)10-22(41)25-36-26(38-27(37-25)43-16-29(15-32)6-7-29)40-8-4-19(5-9-40)14-42-23-11-20(12-34-24(23)33)21-13-39(3)17-35-21/h11-13,17-19H,4-10,14,16H2,1-3H3,(H2,33,34)/t18-/m1/s1. The molecule has 43 heavy (non-hydrogen) atoms. The summed E-state index contributed by atoms with van der Waals surface area (Å²) in [6.45, 7) is 3.75. The lowest BCUT2D eigenvalue weighted by Crippen LogP contribution is -2.37. The summed E-state index contributed by atoms with van der Waals surface area (Å²) < 4.78 is 41.2. The molecule has 3 aromatic heterocycles. The van der Waals surface area contributed by atoms with Gasteiger partial charge in [0.25, 0.3) is 0 Å². The van der Waals surface area contributed by atoms with Crippen LogP contribution in [0.4, 0.5) is 20.5 Å². The third-order valence-electron chi connectivity index (χ3n) is 8.03. The number of nitriles is 1. The van der Waals surface area contributed by atoms with Crippen molar-refractivity contribution in [3.63, 3.8) is 0 Å². The molecule has 4 heterocycles. The number of ketones is 1. The fourth-order valence-corrected chi connectivity index (χ4v) is 4.65. The van der Waals surface area contributed by atoms with Gasteiger partial charge in [-0.1, -0.05) is 6.92 Å². The second kappa shape index (κ2) is 12.1. The van der Waals surface area contributed by atoms with Crippen LogP contribution < -0.4 is 20.1 Å². The summed E-state index contributed by atoms with van der Waals surface area (Å²) in [5.74, 6) is -3.82. The average molecular weight is 596 g/mol. The lowest BCUT2D eigenvalue weighted by Gasteiger charge is -2.32. The van der Waals surface area contributed by atoms with Crippen LogP contribution in [0.15, 0.2) is 24.8 Å². The highest BCUT2D eigenvalue weighted by atomic mass is 19.3. The minimum absolute atomic E-state index is 0.0863. The minimum Gasteiger partial charge on any atom is -0.489 e. The molecule has 1 aliphatic heterocycles. The van der Waals surface area contributed by atoms with Gasteiger partial charge in [0.1, 0.15) is 6.61 Å². The molecule has 1 saturated carbocycles. The van der Waals surface area contributed by atoms with Crippen LogP contribution in [0.2, 0.25) is 0 Å². The summed E-state index contributed by atoms with van der Waals surface area (Å²) in [5, 5.41) is 9.39. The van der Waals surface area contributed by atoms with Gasteiger partial charge in [0.2, 0.25) is 23.5 Å². The number of carbonyl (C=O) groups excluding carboxylic acids is 1. The first-order valence-electron chi connectivity index (χ1n) is 14.3. The number of aryl methyl sites for hydroxylation is 1. The number of nitrogen functional groups attached to an aromatic ring is 1. The number of rotatable bonds is 12. The Kier molecular flexibility index (Phi) is 8.43. The molecule has 1 saturated heterocycles. The summed E-state index contributed by atoms with van der Waals surface area (Å²) in [7, 11) is 1.89. The number of hydrogen-bond donors (Lipinski definition) is 1. The first kappa shape index (κ1) is 30.1. The highest BCUT2D eigenvalue weighted by Crippen LogP contribution is 2.45. The summed E-state index contributed by atoms with van der Waals surface area (Å²) in [6.07, 6.45) is 7.74. The molecular weight excluding hydrogens is 560 g/mol. The van der Waals surface area contributed by atoms with Crippen molar-refractivity contribution in [2.45, 2.75) is 51.9 Å². The number of anilines is 2. The minimum atomic E-state index is -3.03. The second-order valence-electron chi connectivity index (χ2n) is 11.7. The van der Waals surface area contributed by atoms with E-state index < -0.39 is 29.5 Å². The van der Waals surface area contributed by atoms with Crippen molar-refractivity contribution >= 4 is 17.5 Å². The molecule has 1 aliphatic carbocycles. The third kappa shape index (κ3) is 7.33. The Morgan fingerprint density at radius 3 is 2.60 bits per heavy atom. The number of imidazole rings is 1. The van der Waals surface area contributed by atoms with Crippen LogP contribution >= 0.6 is 0 Å². The maximum Gasteiger partial charge on any atom is 0.321 e. The molecule has 2 fully saturated rings. The molecule has 3 aromatic rings. The fourth-order valence-electron chi connectivity index (χ4n) is 4.65. The number of nitrogens with two attached hydrogens (primary N) is 1. The number of piperidine rings is 1. The van der Waals surface area contributed by atoms with Gasteiger partial charge in [-0.3, -0.25) is 4.79 Å². The van der Waals surface area contributed by atoms with E-state index in [4.69, 9.17) is 15.2 Å². The van der Waals surface area contributed by atoms with Crippen LogP contribution in [0.25, 0.3) is 11.3 Å². The number of pyridine rings is 1. The van der Waals surface area contributed by atoms with Crippen molar-refractivity contribution in [2.75, 3.05) is 36.9 Å². The lowest BCUT2D eigenvalue weighted by atomic mass is 9.98. The molecule has 12 nitrogen and oxygen atoms in total. The highest BCUT2D eigenvalue weighted by Gasteiger charge is 2.44. The molecule has 0 bridgehead atoms. The zero-order valence-corrected chi connectivity index (χ0v) is 24.5. The zero-order valence-electron chi connectivity index (χ0n) is 24.5. The van der Waals surface area contributed by atoms with Crippen LogP contribution in [0.3, 0.4) is 0 Å². The molecule has 0 radical (unpaired) electrons. The van der Waals surface area contributed by atoms with Gasteiger partial charge in [0, 0.05) is 50.4 Å². The second-order valence-corrected chi connectivity index (χ2v) is 11.7. The van der Waals surface area contributed by atoms with Crippen LogP contribution in [0.1, 0.15) is 56.6 Å². The highest BCUT2D eigenvalue weighted by molar-refractivity contribution is 5.93. The number of carbonyl (C=O) groups is 1. The van der Waals surface area contributed by atoms with Gasteiger partial charge < -0.3 is 24.7 Å². The zero-order chi connectivity index (χ0) is 30.8. The van der Waals surface area contributed by atoms with E-state index in [2.05, 4.69) is 31.0 Å². The molecule has 5 rings (SSSR count). The summed E-state index contributed by atoms with van der Waals surface area (Å²) in [5.41, 5.74) is 7.06. The first-order valence-corrected chi connectivity index (χ1v) is 14.3. The number of halogens is 2. The number of ether oxygens (including phenoxy) is 2. The number of Topliss-reactive ketones (excluding diaryl/α,β-unsaturated/α-hetero) is 1. The molecule has 1 atom stereocenters. The Labute approximate surface area is 248 Å². The van der Waals surface area contributed by atoms with Crippen molar-refractivity contribution in [1.29, 1.82) is 5.26 Å². The van der Waals surface area contributed by atoms with E-state index in [1.54, 1.807) is 12.5 Å². The van der Waals surface area contributed by atoms with E-state index in [1.807, 2.05) is 28.8 Å². The lowest BCUT2D eigenvalue weighted by molar-refractivity contribution is -0.0330. The van der Waals surface area contributed by atoms with Gasteiger partial charge in [-0.15, -0.1) is 0 Å². The number of alkyl halides is 2. The smallest absolute Gasteiger partial charge is 0.321 e. The maximum atomic E-state index is 13.8. The largest absolute Gasteiger partial charge is 0.489 e. The van der Waals surface area contributed by atoms with Crippen molar-refractivity contribution < 1.29 is 23.0 Å². The van der Waals surface area contributed by atoms with E-state index in [0.717, 1.165) is 31.0 Å². The Balaban J connectivity index is 1.24. The molecule has 0 amide bonds. The summed E-state index contributed by atoms with van der Waals surface area (Å²) in [4.78, 5) is 36.3. The van der Waals surface area contributed by atoms with E-state index in [-0.39, 0.29) is 30.3 Å². The SMILES string of the molecule is C[C@H](CC(=O)c1nc(OCC2(C#N)CC2)nc(N2CCC(COc3cc(-c4cn(C)cn4)cnc3N)CC2)n1)C(C)(F)F. The number of aromatic nitrogens is 6. The normalized spacial score (nSPS) is 17.3. The number of hydrogen-bond acceptors (Lipinski definition) is 11. The molecule has 0 unspecified atom stereocenters. The quantitative estimate of drug-likeness (QED) is 0.301. The molecular formula is C29H35F2N9O3. The van der Waals surface area contributed by atoms with Gasteiger partial charge in [-0.05, 0) is 44.6 Å². The van der Waals surface area contributed by atoms with E-state index in [9.17, 15) is 18.8 Å². The van der Waals surface area contributed by atoms with E-state index in [0.29, 0.717) is 44.1 Å². The maximum absolute atomic E-state index is 13.8. The predicted molar refractivity (Wildman–Crippen MR) is 153 cm³/mol. The van der Waals surface area contributed by atoms with E-state index in [1.165, 1.54) is 6.92 Å². The topological polar surface area (TPSA) is 158 Å². The molecule has 0 spiro atoms. The Morgan fingerprint density at radius 1 is 1.23 bits per heavy atom. The van der Waals surface area contributed by atoms with Gasteiger partial charge in [-0.2, -0.15) is 20.2 Å². The van der Waals surface area contributed by atoms with Gasteiger partial charge in [-0.25, -0.2) is 18.7 Å². The Hall–Kier alpha value is -4.41. The molecule has 2 N–H and O–H groups in total. The predicted octanol–water partition coefficient (Wildman–Crippen LogP) is 4.09. The fraction of sp³-hybridized carbons (Fsp3) is 0.552. The van der Waals surface area contributed by atoms with Crippen LogP contribution in [0.5, 0.6) is 11.8 Å². The third-order valence-corrected chi connectivity index (χ3v) is 8.03. The molecule has 14 heteroatoms. The van der Waals surface area contributed by atoms with Crippen LogP contribution in [-0.2, 0) is 7.05 Å². The van der Waals surface area contributed by atoms with Crippen molar-refractivity contribution in [3.05, 3.63) is 30.6 Å². The summed E-state index contributed by atoms with van der Waals surface area (Å²) in [6, 6.07) is 3.98. The Morgan fingerprint density at radius 2 is 1.98 bits per heavy atom. The number of nitrogens with zero attached hydrogens (tertiary/aromatic N) is 8.